The molecular formula is C17H16BrFO4. The summed E-state index contributed by atoms with van der Waals surface area (Å²) in [6.07, 6.45) is -0.765. The summed E-state index contributed by atoms with van der Waals surface area (Å²) in [6.45, 7) is 1.56. The molecule has 0 spiro atoms. The van der Waals surface area contributed by atoms with Crippen LogP contribution in [0.4, 0.5) is 4.39 Å². The summed E-state index contributed by atoms with van der Waals surface area (Å²) in [4.78, 5) is 11.9. The molecule has 0 heterocycles. The average molecular weight is 383 g/mol. The van der Waals surface area contributed by atoms with Crippen LogP contribution in [-0.4, -0.2) is 19.2 Å². The van der Waals surface area contributed by atoms with E-state index in [1.165, 1.54) is 19.2 Å². The molecule has 122 valence electrons. The number of ether oxygens (including phenoxy) is 3. The van der Waals surface area contributed by atoms with E-state index in [9.17, 15) is 9.18 Å². The molecule has 2 aromatic carbocycles. The van der Waals surface area contributed by atoms with Gasteiger partial charge in [-0.15, -0.1) is 0 Å². The monoisotopic (exact) mass is 382 g/mol. The van der Waals surface area contributed by atoms with E-state index in [2.05, 4.69) is 15.9 Å². The number of benzene rings is 2. The summed E-state index contributed by atoms with van der Waals surface area (Å²) in [5.74, 6) is -0.315. The normalized spacial score (nSPS) is 11.7. The van der Waals surface area contributed by atoms with Crippen molar-refractivity contribution in [1.82, 2.24) is 0 Å². The van der Waals surface area contributed by atoms with E-state index in [-0.39, 0.29) is 12.4 Å². The molecular weight excluding hydrogens is 367 g/mol. The highest BCUT2D eigenvalue weighted by atomic mass is 79.9. The third-order valence-electron chi connectivity index (χ3n) is 3.06. The zero-order chi connectivity index (χ0) is 16.8. The summed E-state index contributed by atoms with van der Waals surface area (Å²) in [7, 11) is 1.39. The Bertz CT molecular complexity index is 673. The van der Waals surface area contributed by atoms with Gasteiger partial charge >= 0.3 is 5.97 Å². The SMILES string of the molecule is COc1ccc(COC(=O)C(C)Oc2ccc(Br)cc2)cc1F. The van der Waals surface area contributed by atoms with Crippen molar-refractivity contribution in [3.05, 3.63) is 58.3 Å². The molecule has 0 aliphatic heterocycles. The van der Waals surface area contributed by atoms with Crippen molar-refractivity contribution in [2.75, 3.05) is 7.11 Å². The summed E-state index contributed by atoms with van der Waals surface area (Å²) in [5, 5.41) is 0. The van der Waals surface area contributed by atoms with Crippen LogP contribution in [0.15, 0.2) is 46.9 Å². The van der Waals surface area contributed by atoms with E-state index in [1.807, 2.05) is 12.1 Å². The molecule has 2 aromatic rings. The van der Waals surface area contributed by atoms with E-state index in [0.29, 0.717) is 11.3 Å². The maximum Gasteiger partial charge on any atom is 0.347 e. The molecule has 1 unspecified atom stereocenters. The van der Waals surface area contributed by atoms with Crippen LogP contribution in [0.3, 0.4) is 0 Å². The first-order valence-electron chi connectivity index (χ1n) is 6.91. The Kier molecular flexibility index (Phi) is 5.98. The smallest absolute Gasteiger partial charge is 0.347 e. The number of methoxy groups -OCH3 is 1. The van der Waals surface area contributed by atoms with E-state index in [1.54, 1.807) is 25.1 Å². The second-order valence-corrected chi connectivity index (χ2v) is 5.71. The van der Waals surface area contributed by atoms with Gasteiger partial charge in [-0.05, 0) is 48.9 Å². The Morgan fingerprint density at radius 2 is 1.91 bits per heavy atom. The lowest BCUT2D eigenvalue weighted by atomic mass is 10.2. The summed E-state index contributed by atoms with van der Waals surface area (Å²) < 4.78 is 29.9. The first-order chi connectivity index (χ1) is 11.0. The van der Waals surface area contributed by atoms with Gasteiger partial charge in [-0.25, -0.2) is 9.18 Å². The van der Waals surface area contributed by atoms with Crippen LogP contribution in [0, 0.1) is 5.82 Å². The minimum atomic E-state index is -0.765. The molecule has 0 bridgehead atoms. The Morgan fingerprint density at radius 1 is 1.22 bits per heavy atom. The zero-order valence-electron chi connectivity index (χ0n) is 12.7. The Hall–Kier alpha value is -2.08. The predicted molar refractivity (Wildman–Crippen MR) is 87.0 cm³/mol. The minimum Gasteiger partial charge on any atom is -0.494 e. The standard InChI is InChI=1S/C17H16BrFO4/c1-11(23-14-6-4-13(18)5-7-14)17(20)22-10-12-3-8-16(21-2)15(19)9-12/h3-9,11H,10H2,1-2H3. The highest BCUT2D eigenvalue weighted by Crippen LogP contribution is 2.19. The van der Waals surface area contributed by atoms with Crippen molar-refractivity contribution in [1.29, 1.82) is 0 Å². The van der Waals surface area contributed by atoms with Gasteiger partial charge in [-0.3, -0.25) is 0 Å². The molecule has 0 amide bonds. The van der Waals surface area contributed by atoms with Crippen molar-refractivity contribution in [2.24, 2.45) is 0 Å². The highest BCUT2D eigenvalue weighted by molar-refractivity contribution is 9.10. The summed E-state index contributed by atoms with van der Waals surface area (Å²) >= 11 is 3.32. The third-order valence-corrected chi connectivity index (χ3v) is 3.58. The lowest BCUT2D eigenvalue weighted by Gasteiger charge is -2.14. The van der Waals surface area contributed by atoms with Crippen LogP contribution in [0.5, 0.6) is 11.5 Å². The quantitative estimate of drug-likeness (QED) is 0.705. The second-order valence-electron chi connectivity index (χ2n) is 4.79. The molecule has 0 aliphatic rings. The predicted octanol–water partition coefficient (Wildman–Crippen LogP) is 4.11. The Labute approximate surface area is 142 Å². The van der Waals surface area contributed by atoms with Gasteiger partial charge in [0.2, 0.25) is 0 Å². The van der Waals surface area contributed by atoms with Crippen LogP contribution >= 0.6 is 15.9 Å². The molecule has 0 radical (unpaired) electrons. The van der Waals surface area contributed by atoms with Gasteiger partial charge in [0.15, 0.2) is 17.7 Å². The number of esters is 1. The van der Waals surface area contributed by atoms with Gasteiger partial charge in [-0.1, -0.05) is 22.0 Å². The van der Waals surface area contributed by atoms with Crippen LogP contribution in [0.2, 0.25) is 0 Å². The van der Waals surface area contributed by atoms with Crippen LogP contribution in [-0.2, 0) is 16.1 Å². The zero-order valence-corrected chi connectivity index (χ0v) is 14.3. The van der Waals surface area contributed by atoms with Crippen molar-refractivity contribution in [3.8, 4) is 11.5 Å². The fourth-order valence-electron chi connectivity index (χ4n) is 1.84. The molecule has 4 nitrogen and oxygen atoms in total. The second kappa shape index (κ2) is 7.97. The fourth-order valence-corrected chi connectivity index (χ4v) is 2.10. The van der Waals surface area contributed by atoms with E-state index in [0.717, 1.165) is 4.47 Å². The molecule has 0 saturated heterocycles. The number of halogens is 2. The maximum absolute atomic E-state index is 13.6. The first-order valence-corrected chi connectivity index (χ1v) is 7.70. The number of carbonyl (C=O) groups excluding carboxylic acids is 1. The van der Waals surface area contributed by atoms with E-state index < -0.39 is 17.9 Å². The topological polar surface area (TPSA) is 44.8 Å². The lowest BCUT2D eigenvalue weighted by molar-refractivity contribution is -0.152. The number of rotatable bonds is 6. The van der Waals surface area contributed by atoms with Gasteiger partial charge in [-0.2, -0.15) is 0 Å². The van der Waals surface area contributed by atoms with Gasteiger partial charge in [0.1, 0.15) is 12.4 Å². The molecule has 0 aliphatic carbocycles. The lowest BCUT2D eigenvalue weighted by Crippen LogP contribution is -2.26. The minimum absolute atomic E-state index is 0.0339. The van der Waals surface area contributed by atoms with Crippen LogP contribution in [0.25, 0.3) is 0 Å². The van der Waals surface area contributed by atoms with E-state index >= 15 is 0 Å². The van der Waals surface area contributed by atoms with Gasteiger partial charge < -0.3 is 14.2 Å². The molecule has 0 aromatic heterocycles. The molecule has 6 heteroatoms. The number of hydrogen-bond acceptors (Lipinski definition) is 4. The average Bonchev–Trinajstić information content (AvgIpc) is 2.54. The number of carbonyl (C=O) groups is 1. The largest absolute Gasteiger partial charge is 0.494 e. The maximum atomic E-state index is 13.6. The molecule has 0 fully saturated rings. The molecule has 2 rings (SSSR count). The first kappa shape index (κ1) is 17.3. The van der Waals surface area contributed by atoms with Crippen molar-refractivity contribution in [2.45, 2.75) is 19.6 Å². The molecule has 1 atom stereocenters. The van der Waals surface area contributed by atoms with Crippen LogP contribution < -0.4 is 9.47 Å². The molecule has 0 N–H and O–H groups in total. The summed E-state index contributed by atoms with van der Waals surface area (Å²) in [6, 6.07) is 11.5. The van der Waals surface area contributed by atoms with Gasteiger partial charge in [0, 0.05) is 4.47 Å². The van der Waals surface area contributed by atoms with E-state index in [4.69, 9.17) is 14.2 Å². The summed E-state index contributed by atoms with van der Waals surface area (Å²) in [5.41, 5.74) is 0.535. The van der Waals surface area contributed by atoms with Crippen molar-refractivity contribution in [3.63, 3.8) is 0 Å². The highest BCUT2D eigenvalue weighted by Gasteiger charge is 2.16. The van der Waals surface area contributed by atoms with Crippen molar-refractivity contribution < 1.29 is 23.4 Å². The molecule has 23 heavy (non-hydrogen) atoms. The van der Waals surface area contributed by atoms with Crippen molar-refractivity contribution >= 4 is 21.9 Å². The van der Waals surface area contributed by atoms with Crippen LogP contribution in [0.1, 0.15) is 12.5 Å². The third kappa shape index (κ3) is 4.96. The van der Waals surface area contributed by atoms with Gasteiger partial charge in [0.25, 0.3) is 0 Å². The Morgan fingerprint density at radius 3 is 2.52 bits per heavy atom. The Balaban J connectivity index is 1.88. The molecule has 0 saturated carbocycles. The van der Waals surface area contributed by atoms with Gasteiger partial charge in [0.05, 0.1) is 7.11 Å². The fraction of sp³-hybridized carbons (Fsp3) is 0.235. The number of hydrogen-bond donors (Lipinski definition) is 0.